The predicted octanol–water partition coefficient (Wildman–Crippen LogP) is 0.979. The highest BCUT2D eigenvalue weighted by molar-refractivity contribution is 7.89. The fourth-order valence-electron chi connectivity index (χ4n) is 1.68. The van der Waals surface area contributed by atoms with E-state index in [0.29, 0.717) is 12.5 Å². The van der Waals surface area contributed by atoms with Gasteiger partial charge in [0, 0.05) is 13.1 Å². The summed E-state index contributed by atoms with van der Waals surface area (Å²) in [7, 11) is -3.66. The van der Waals surface area contributed by atoms with Gasteiger partial charge in [0.15, 0.2) is 6.61 Å². The Hall–Kier alpha value is -1.93. The van der Waals surface area contributed by atoms with Gasteiger partial charge in [0.25, 0.3) is 5.91 Å². The van der Waals surface area contributed by atoms with Gasteiger partial charge < -0.3 is 10.1 Å². The molecule has 2 N–H and O–H groups in total. The van der Waals surface area contributed by atoms with Crippen LogP contribution in [0.4, 0.5) is 0 Å². The summed E-state index contributed by atoms with van der Waals surface area (Å²) in [5.74, 6) is -0.709. The van der Waals surface area contributed by atoms with Crippen LogP contribution >= 0.6 is 0 Å². The third kappa shape index (κ3) is 7.56. The standard InChI is InChI=1S/C16H24N2O5S/c1-12(2)10-17-15(19)11-23-16(20)8-9-18-24(21,22)14-6-4-13(3)5-7-14/h4-7,12,18H,8-11H2,1-3H3,(H,17,19). The first-order valence-electron chi connectivity index (χ1n) is 7.69. The van der Waals surface area contributed by atoms with Gasteiger partial charge in [-0.3, -0.25) is 9.59 Å². The average Bonchev–Trinajstić information content (AvgIpc) is 2.51. The molecule has 0 unspecified atom stereocenters. The molecule has 0 saturated carbocycles. The van der Waals surface area contributed by atoms with Crippen molar-refractivity contribution < 1.29 is 22.7 Å². The predicted molar refractivity (Wildman–Crippen MR) is 89.8 cm³/mol. The van der Waals surface area contributed by atoms with Crippen molar-refractivity contribution in [3.05, 3.63) is 29.8 Å². The van der Waals surface area contributed by atoms with Crippen LogP contribution < -0.4 is 10.0 Å². The molecule has 1 amide bonds. The number of carbonyl (C=O) groups excluding carboxylic acids is 2. The summed E-state index contributed by atoms with van der Waals surface area (Å²) in [6, 6.07) is 6.38. The van der Waals surface area contributed by atoms with Crippen LogP contribution in [0.3, 0.4) is 0 Å². The molecule has 1 rings (SSSR count). The number of nitrogens with one attached hydrogen (secondary N) is 2. The summed E-state index contributed by atoms with van der Waals surface area (Å²) in [4.78, 5) is 23.0. The monoisotopic (exact) mass is 356 g/mol. The Balaban J connectivity index is 2.32. The normalized spacial score (nSPS) is 11.3. The zero-order valence-electron chi connectivity index (χ0n) is 14.2. The van der Waals surface area contributed by atoms with Crippen LogP contribution in [0.15, 0.2) is 29.2 Å². The summed E-state index contributed by atoms with van der Waals surface area (Å²) in [6.07, 6.45) is -0.150. The van der Waals surface area contributed by atoms with Crippen LogP contribution in [0.2, 0.25) is 0 Å². The fourth-order valence-corrected chi connectivity index (χ4v) is 2.71. The van der Waals surface area contributed by atoms with Crippen LogP contribution in [0.25, 0.3) is 0 Å². The fraction of sp³-hybridized carbons (Fsp3) is 0.500. The average molecular weight is 356 g/mol. The van der Waals surface area contributed by atoms with Gasteiger partial charge in [0.1, 0.15) is 0 Å². The number of rotatable bonds is 9. The lowest BCUT2D eigenvalue weighted by atomic mass is 10.2. The minimum absolute atomic E-state index is 0.0946. The van der Waals surface area contributed by atoms with Crippen LogP contribution in [0.5, 0.6) is 0 Å². The van der Waals surface area contributed by atoms with Gasteiger partial charge >= 0.3 is 5.97 Å². The quantitative estimate of drug-likeness (QED) is 0.642. The Labute approximate surface area is 142 Å². The first-order valence-corrected chi connectivity index (χ1v) is 9.17. The molecule has 0 saturated heterocycles. The maximum absolute atomic E-state index is 12.0. The summed E-state index contributed by atoms with van der Waals surface area (Å²) >= 11 is 0. The van der Waals surface area contributed by atoms with Crippen molar-refractivity contribution >= 4 is 21.9 Å². The third-order valence-corrected chi connectivity index (χ3v) is 4.50. The number of ether oxygens (including phenoxy) is 1. The number of esters is 1. The maximum Gasteiger partial charge on any atom is 0.307 e. The van der Waals surface area contributed by atoms with E-state index in [1.165, 1.54) is 12.1 Å². The molecule has 0 aromatic heterocycles. The number of aryl methyl sites for hydroxylation is 1. The van der Waals surface area contributed by atoms with E-state index in [-0.39, 0.29) is 30.4 Å². The van der Waals surface area contributed by atoms with Crippen LogP contribution in [-0.2, 0) is 24.3 Å². The van der Waals surface area contributed by atoms with Crippen molar-refractivity contribution in [1.82, 2.24) is 10.0 Å². The molecule has 0 aliphatic carbocycles. The van der Waals surface area contributed by atoms with Crippen molar-refractivity contribution in [1.29, 1.82) is 0 Å². The zero-order valence-corrected chi connectivity index (χ0v) is 15.0. The summed E-state index contributed by atoms with van der Waals surface area (Å²) in [6.45, 7) is 5.81. The molecule has 7 nitrogen and oxygen atoms in total. The molecule has 0 aliphatic heterocycles. The largest absolute Gasteiger partial charge is 0.456 e. The molecule has 134 valence electrons. The van der Waals surface area contributed by atoms with Crippen LogP contribution in [0, 0.1) is 12.8 Å². The first-order chi connectivity index (χ1) is 11.2. The van der Waals surface area contributed by atoms with Gasteiger partial charge in [-0.1, -0.05) is 31.5 Å². The van der Waals surface area contributed by atoms with Gasteiger partial charge in [-0.15, -0.1) is 0 Å². The van der Waals surface area contributed by atoms with Gasteiger partial charge in [0.05, 0.1) is 11.3 Å². The van der Waals surface area contributed by atoms with Gasteiger partial charge in [-0.2, -0.15) is 0 Å². The lowest BCUT2D eigenvalue weighted by Gasteiger charge is -2.09. The highest BCUT2D eigenvalue weighted by Crippen LogP contribution is 2.09. The van der Waals surface area contributed by atoms with E-state index >= 15 is 0 Å². The zero-order chi connectivity index (χ0) is 18.2. The van der Waals surface area contributed by atoms with Gasteiger partial charge in [0.2, 0.25) is 10.0 Å². The molecule has 0 atom stereocenters. The Morgan fingerprint density at radius 1 is 1.17 bits per heavy atom. The second-order valence-corrected chi connectivity index (χ2v) is 7.59. The smallest absolute Gasteiger partial charge is 0.307 e. The maximum atomic E-state index is 12.0. The third-order valence-electron chi connectivity index (χ3n) is 3.02. The second kappa shape index (κ2) is 9.39. The topological polar surface area (TPSA) is 102 Å². The minimum Gasteiger partial charge on any atom is -0.456 e. The second-order valence-electron chi connectivity index (χ2n) is 5.82. The van der Waals surface area contributed by atoms with E-state index in [1.807, 2.05) is 20.8 Å². The number of amides is 1. The molecule has 24 heavy (non-hydrogen) atoms. The molecule has 1 aromatic carbocycles. The Morgan fingerprint density at radius 2 is 1.79 bits per heavy atom. The first kappa shape index (κ1) is 20.1. The summed E-state index contributed by atoms with van der Waals surface area (Å²) in [5.41, 5.74) is 0.952. The molecule has 0 aliphatic rings. The molecular weight excluding hydrogens is 332 g/mol. The van der Waals surface area contributed by atoms with Crippen molar-refractivity contribution in [2.45, 2.75) is 32.1 Å². The number of hydrogen-bond donors (Lipinski definition) is 2. The van der Waals surface area contributed by atoms with E-state index in [2.05, 4.69) is 10.0 Å². The summed E-state index contributed by atoms with van der Waals surface area (Å²) in [5, 5.41) is 2.62. The van der Waals surface area contributed by atoms with Crippen molar-refractivity contribution in [2.24, 2.45) is 5.92 Å². The molecule has 0 bridgehead atoms. The van der Waals surface area contributed by atoms with E-state index in [4.69, 9.17) is 4.74 Å². The lowest BCUT2D eigenvalue weighted by Crippen LogP contribution is -2.32. The number of benzene rings is 1. The van der Waals surface area contributed by atoms with E-state index in [1.54, 1.807) is 12.1 Å². The molecule has 0 heterocycles. The summed E-state index contributed by atoms with van der Waals surface area (Å²) < 4.78 is 31.1. The molecule has 0 spiro atoms. The van der Waals surface area contributed by atoms with Gasteiger partial charge in [-0.05, 0) is 25.0 Å². The molecule has 0 radical (unpaired) electrons. The molecule has 0 fully saturated rings. The van der Waals surface area contributed by atoms with Crippen molar-refractivity contribution in [3.8, 4) is 0 Å². The number of hydrogen-bond acceptors (Lipinski definition) is 5. The van der Waals surface area contributed by atoms with Gasteiger partial charge in [-0.25, -0.2) is 13.1 Å². The molecule has 1 aromatic rings. The van der Waals surface area contributed by atoms with Crippen LogP contribution in [0.1, 0.15) is 25.8 Å². The van der Waals surface area contributed by atoms with Crippen molar-refractivity contribution in [2.75, 3.05) is 19.7 Å². The number of carbonyl (C=O) groups is 2. The van der Waals surface area contributed by atoms with E-state index in [9.17, 15) is 18.0 Å². The Morgan fingerprint density at radius 3 is 2.38 bits per heavy atom. The molecular formula is C16H24N2O5S. The lowest BCUT2D eigenvalue weighted by molar-refractivity contribution is -0.148. The Bertz CT molecular complexity index is 654. The minimum atomic E-state index is -3.66. The van der Waals surface area contributed by atoms with E-state index in [0.717, 1.165) is 5.56 Å². The van der Waals surface area contributed by atoms with Crippen LogP contribution in [-0.4, -0.2) is 40.0 Å². The SMILES string of the molecule is Cc1ccc(S(=O)(=O)NCCC(=O)OCC(=O)NCC(C)C)cc1. The number of sulfonamides is 1. The highest BCUT2D eigenvalue weighted by Gasteiger charge is 2.14. The van der Waals surface area contributed by atoms with E-state index < -0.39 is 16.0 Å². The highest BCUT2D eigenvalue weighted by atomic mass is 32.2. The van der Waals surface area contributed by atoms with Crippen molar-refractivity contribution in [3.63, 3.8) is 0 Å². The Kier molecular flexibility index (Phi) is 7.87. The molecule has 8 heteroatoms.